The Morgan fingerprint density at radius 3 is 0.588 bits per heavy atom. The Morgan fingerprint density at radius 1 is 0.325 bits per heavy atom. The summed E-state index contributed by atoms with van der Waals surface area (Å²) in [5.41, 5.74) is -21.5. The van der Waals surface area contributed by atoms with Gasteiger partial charge in [0.05, 0.1) is 44.5 Å². The number of hydrogen-bond acceptors (Lipinski definition) is 1. The molecule has 444 valence electrons. The summed E-state index contributed by atoms with van der Waals surface area (Å²) in [5, 5.41) is 4.27. The Kier molecular flexibility index (Phi) is 21.7. The van der Waals surface area contributed by atoms with Crippen molar-refractivity contribution in [3.05, 3.63) is 156 Å². The molecule has 0 spiro atoms. The van der Waals surface area contributed by atoms with E-state index in [4.69, 9.17) is 0 Å². The van der Waals surface area contributed by atoms with Crippen molar-refractivity contribution in [2.24, 2.45) is 4.99 Å². The molecule has 0 radical (unpaired) electrons. The molecule has 5 aromatic rings. The minimum atomic E-state index is -6.13. The first-order valence-corrected chi connectivity index (χ1v) is 22.9. The van der Waals surface area contributed by atoms with Crippen LogP contribution in [0.2, 0.25) is 0 Å². The zero-order valence-corrected chi connectivity index (χ0v) is 45.2. The third-order valence-electron chi connectivity index (χ3n) is 12.7. The summed E-state index contributed by atoms with van der Waals surface area (Å²) in [5.74, 6) is 0.907. The maximum atomic E-state index is 14.2. The minimum Gasteiger partial charge on any atom is -0.467 e. The Hall–Kier alpha value is -5.42. The molecule has 2 nitrogen and oxygen atoms in total. The predicted octanol–water partition coefficient (Wildman–Crippen LogP) is 17.3. The molecule has 0 unspecified atom stereocenters. The zero-order chi connectivity index (χ0) is 61.5. The summed E-state index contributed by atoms with van der Waals surface area (Å²) >= 11 is 0. The van der Waals surface area contributed by atoms with Gasteiger partial charge in [-0.2, -0.15) is 127 Å². The van der Waals surface area contributed by atoms with Crippen LogP contribution in [-0.2, 0) is 68.9 Å². The first-order chi connectivity index (χ1) is 35.2. The predicted molar refractivity (Wildman–Crippen MR) is 252 cm³/mol. The Labute approximate surface area is 456 Å². The third-order valence-corrected chi connectivity index (χ3v) is 12.7. The van der Waals surface area contributed by atoms with Crippen LogP contribution in [0.25, 0.3) is 5.32 Å². The van der Waals surface area contributed by atoms with Crippen LogP contribution in [-0.4, -0.2) is 24.1 Å². The molecule has 0 aromatic heterocycles. The van der Waals surface area contributed by atoms with Gasteiger partial charge in [-0.15, -0.1) is 0 Å². The first kappa shape index (κ1) is 70.7. The van der Waals surface area contributed by atoms with E-state index in [1.165, 1.54) is 33.4 Å². The summed E-state index contributed by atoms with van der Waals surface area (Å²) in [6, 6.07) is -8.08. The van der Waals surface area contributed by atoms with Crippen molar-refractivity contribution in [2.45, 2.75) is 138 Å². The molecule has 0 saturated heterocycles. The topological polar surface area (TPSA) is 26.5 Å². The van der Waals surface area contributed by atoms with E-state index in [1.54, 1.807) is 0 Å². The van der Waals surface area contributed by atoms with Gasteiger partial charge >= 0.3 is 68.9 Å². The van der Waals surface area contributed by atoms with E-state index in [0.717, 1.165) is 5.84 Å². The van der Waals surface area contributed by atoms with Crippen LogP contribution < -0.4 is 21.9 Å². The largest absolute Gasteiger partial charge is 2.00 e. The monoisotopic (exact) mass is 1270 g/mol. The fraction of sp³-hybridized carbons (Fsp3) is 0.404. The molecule has 5 rings (SSSR count). The second-order valence-corrected chi connectivity index (χ2v) is 19.0. The van der Waals surface area contributed by atoms with Crippen molar-refractivity contribution in [3.63, 3.8) is 0 Å². The molecule has 80 heavy (non-hydrogen) atoms. The Bertz CT molecular complexity index is 2460. The van der Waals surface area contributed by atoms with Gasteiger partial charge in [-0.3, -0.25) is 0 Å². The SMILES string of the molecule is CC(=NC(C)C)[N-]C(C)C.Cc1c(C)c(C)c(C)c(C)c1C.FC(F)(F)c1cc([B-](c2cc(C(F)(F)F)cc(C(F)(F)F)c2)(c2cc(C(F)(F)F)cc(C(F)(F)F)c2)c2cc(C(F)(F)F)cc(C(F)(F)F)c2)cc(C(F)(F)F)c1.[Ru+2]. The fourth-order valence-corrected chi connectivity index (χ4v) is 8.54. The van der Waals surface area contributed by atoms with Gasteiger partial charge in [0.2, 0.25) is 0 Å². The molecular formula is C52H47BF24N2Ru. The van der Waals surface area contributed by atoms with E-state index in [-0.39, 0.29) is 19.5 Å². The third kappa shape index (κ3) is 17.3. The number of amidine groups is 1. The molecule has 0 N–H and O–H groups in total. The summed E-state index contributed by atoms with van der Waals surface area (Å²) in [4.78, 5) is 4.27. The molecule has 0 aliphatic heterocycles. The molecule has 5 aromatic carbocycles. The molecule has 0 aliphatic rings. The average molecular weight is 1270 g/mol. The van der Waals surface area contributed by atoms with Crippen LogP contribution >= 0.6 is 0 Å². The van der Waals surface area contributed by atoms with Gasteiger partial charge in [-0.1, -0.05) is 82.1 Å². The fourth-order valence-electron chi connectivity index (χ4n) is 8.54. The zero-order valence-electron chi connectivity index (χ0n) is 43.5. The average Bonchev–Trinajstić information content (AvgIpc) is 3.27. The molecule has 0 aliphatic carbocycles. The molecule has 0 bridgehead atoms. The van der Waals surface area contributed by atoms with Crippen molar-refractivity contribution in [2.75, 3.05) is 0 Å². The van der Waals surface area contributed by atoms with E-state index >= 15 is 0 Å². The molecule has 28 heteroatoms. The summed E-state index contributed by atoms with van der Waals surface area (Å²) in [6.07, 6.45) is -54.8. The van der Waals surface area contributed by atoms with Gasteiger partial charge in [0.1, 0.15) is 6.15 Å². The van der Waals surface area contributed by atoms with Crippen molar-refractivity contribution >= 4 is 33.8 Å². The van der Waals surface area contributed by atoms with Crippen LogP contribution in [0, 0.1) is 41.5 Å². The summed E-state index contributed by atoms with van der Waals surface area (Å²) < 4.78 is 341. The van der Waals surface area contributed by atoms with Crippen LogP contribution in [0.15, 0.2) is 77.8 Å². The molecule has 0 heterocycles. The molecule has 0 amide bonds. The van der Waals surface area contributed by atoms with E-state index in [9.17, 15) is 105 Å². The Balaban J connectivity index is 0.000000787. The number of halogens is 24. The second kappa shape index (κ2) is 24.6. The molecular weight excluding hydrogens is 1220 g/mol. The van der Waals surface area contributed by atoms with Crippen molar-refractivity contribution in [3.8, 4) is 0 Å². The van der Waals surface area contributed by atoms with Crippen LogP contribution in [0.4, 0.5) is 105 Å². The van der Waals surface area contributed by atoms with Gasteiger partial charge in [0.25, 0.3) is 0 Å². The van der Waals surface area contributed by atoms with Gasteiger partial charge < -0.3 is 10.3 Å². The van der Waals surface area contributed by atoms with E-state index in [0.29, 0.717) is 12.1 Å². The maximum absolute atomic E-state index is 14.2. The number of benzene rings is 5. The Morgan fingerprint density at radius 2 is 0.475 bits per heavy atom. The number of hydrogen-bond donors (Lipinski definition) is 0. The molecule has 0 atom stereocenters. The normalized spacial score (nSPS) is 13.4. The smallest absolute Gasteiger partial charge is 0.467 e. The molecule has 0 saturated carbocycles. The van der Waals surface area contributed by atoms with E-state index in [2.05, 4.69) is 79.5 Å². The maximum Gasteiger partial charge on any atom is 2.00 e. The van der Waals surface area contributed by atoms with Crippen molar-refractivity contribution in [1.29, 1.82) is 0 Å². The van der Waals surface area contributed by atoms with Crippen LogP contribution in [0.3, 0.4) is 0 Å². The van der Waals surface area contributed by atoms with E-state index < -0.39 is 195 Å². The number of rotatable bonds is 6. The van der Waals surface area contributed by atoms with Crippen LogP contribution in [0.5, 0.6) is 0 Å². The van der Waals surface area contributed by atoms with Gasteiger partial charge in [-0.05, 0) is 118 Å². The standard InChI is InChI=1S/C32H12BF24.C12H18.C8H17N2.Ru/c34-25(35,36)13-1-14(26(37,38)39)6-21(5-13)33(22-7-15(27(40,41)42)2-16(8-22)28(43,44)45,23-9-17(29(46,47)48)3-18(10-23)30(49,50)51)24-11-19(31(52,53)54)4-20(12-24)32(55,56)57;1-7-8(2)10(4)12(6)11(5)9(7)3;1-6(2)9-8(5)10-7(3)4;/h1-12H;1-6H3;6-7H,1-5H3;/q-1;;-1;+2. The van der Waals surface area contributed by atoms with Gasteiger partial charge in [0, 0.05) is 0 Å². The van der Waals surface area contributed by atoms with Crippen molar-refractivity contribution < 1.29 is 125 Å². The summed E-state index contributed by atoms with van der Waals surface area (Å²) in [6.45, 7) is 23.4. The summed E-state index contributed by atoms with van der Waals surface area (Å²) in [7, 11) is 0. The first-order valence-electron chi connectivity index (χ1n) is 22.9. The van der Waals surface area contributed by atoms with Gasteiger partial charge in [0.15, 0.2) is 0 Å². The minimum absolute atomic E-state index is 0. The quantitative estimate of drug-likeness (QED) is 0.0701. The van der Waals surface area contributed by atoms with Gasteiger partial charge in [-0.25, -0.2) is 0 Å². The molecule has 0 fully saturated rings. The second-order valence-electron chi connectivity index (χ2n) is 19.0. The van der Waals surface area contributed by atoms with E-state index in [1.807, 2.05) is 6.92 Å². The number of alkyl halides is 24. The number of aliphatic imine (C=N–C) groups is 1. The van der Waals surface area contributed by atoms with Crippen LogP contribution in [0.1, 0.15) is 113 Å². The van der Waals surface area contributed by atoms with Crippen molar-refractivity contribution in [1.82, 2.24) is 0 Å². The number of nitrogens with zero attached hydrogens (tertiary/aromatic N) is 2.